The van der Waals surface area contributed by atoms with Crippen LogP contribution in [0.2, 0.25) is 0 Å². The van der Waals surface area contributed by atoms with Crippen molar-refractivity contribution in [2.24, 2.45) is 11.5 Å². The summed E-state index contributed by atoms with van der Waals surface area (Å²) in [7, 11) is 0. The molecule has 0 bridgehead atoms. The van der Waals surface area contributed by atoms with Crippen LogP contribution in [-0.4, -0.2) is 47.3 Å². The Morgan fingerprint density at radius 3 is 2.19 bits per heavy atom. The van der Waals surface area contributed by atoms with E-state index in [-0.39, 0.29) is 49.1 Å². The lowest BCUT2D eigenvalue weighted by atomic mass is 9.94. The zero-order chi connectivity index (χ0) is 34.1. The van der Waals surface area contributed by atoms with E-state index < -0.39 is 17.4 Å². The summed E-state index contributed by atoms with van der Waals surface area (Å²) in [4.78, 5) is 30.6. The Labute approximate surface area is 279 Å². The van der Waals surface area contributed by atoms with Crippen LogP contribution in [0.3, 0.4) is 0 Å². The lowest BCUT2D eigenvalue weighted by Gasteiger charge is -2.22. The molecule has 1 unspecified atom stereocenters. The van der Waals surface area contributed by atoms with E-state index in [9.17, 15) is 9.59 Å². The van der Waals surface area contributed by atoms with Gasteiger partial charge in [-0.1, -0.05) is 79.7 Å². The predicted molar refractivity (Wildman–Crippen MR) is 179 cm³/mol. The van der Waals surface area contributed by atoms with Crippen molar-refractivity contribution in [3.63, 3.8) is 0 Å². The van der Waals surface area contributed by atoms with Crippen LogP contribution in [0.4, 0.5) is 0 Å². The summed E-state index contributed by atoms with van der Waals surface area (Å²) >= 11 is 0. The molecule has 0 radical (unpaired) electrons. The molecule has 12 heteroatoms. The van der Waals surface area contributed by atoms with Crippen LogP contribution in [-0.2, 0) is 35.7 Å². The average molecular weight is 656 g/mol. The number of aryl methyl sites for hydroxylation is 2. The lowest BCUT2D eigenvalue weighted by molar-refractivity contribution is -0.124. The Bertz CT molecular complexity index is 1740. The molecule has 2 amide bonds. The number of primary amides is 2. The summed E-state index contributed by atoms with van der Waals surface area (Å²) in [6.07, 6.45) is 2.18. The number of hydrogen-bond donors (Lipinski definition) is 5. The molecule has 0 spiro atoms. The minimum Gasteiger partial charge on any atom is -0.488 e. The first-order valence-electron chi connectivity index (χ1n) is 15.8. The Hall–Kier alpha value is -5.17. The van der Waals surface area contributed by atoms with E-state index in [1.54, 1.807) is 0 Å². The highest BCUT2D eigenvalue weighted by molar-refractivity contribution is 5.97. The molecule has 5 rings (SSSR count). The molecule has 1 aliphatic rings. The number of ether oxygens (including phenoxy) is 2. The third kappa shape index (κ3) is 8.03. The quantitative estimate of drug-likeness (QED) is 0.106. The topological polar surface area (TPSA) is 184 Å². The number of nitrogens with two attached hydrogens (primary N) is 2. The van der Waals surface area contributed by atoms with Crippen molar-refractivity contribution in [2.75, 3.05) is 19.7 Å². The molecule has 12 nitrogen and oxygen atoms in total. The van der Waals surface area contributed by atoms with Crippen LogP contribution in [0.5, 0.6) is 11.5 Å². The van der Waals surface area contributed by atoms with Gasteiger partial charge in [-0.15, -0.1) is 5.48 Å². The summed E-state index contributed by atoms with van der Waals surface area (Å²) in [5.41, 5.74) is 16.6. The van der Waals surface area contributed by atoms with Gasteiger partial charge in [0.15, 0.2) is 17.0 Å². The number of amides is 2. The van der Waals surface area contributed by atoms with Crippen LogP contribution in [0, 0.1) is 0 Å². The minimum atomic E-state index is -1.45. The van der Waals surface area contributed by atoms with Gasteiger partial charge in [0.25, 0.3) is 5.91 Å². The second-order valence-electron chi connectivity index (χ2n) is 11.8. The smallest absolute Gasteiger partial charge is 0.271 e. The number of aromatic nitrogens is 1. The number of carbonyl (C=O) groups excluding carboxylic acids is 2. The molecular formula is C36H41N5O7. The van der Waals surface area contributed by atoms with E-state index in [1.807, 2.05) is 66.7 Å². The van der Waals surface area contributed by atoms with Crippen molar-refractivity contribution < 1.29 is 33.5 Å². The first-order valence-corrected chi connectivity index (χ1v) is 15.8. The van der Waals surface area contributed by atoms with E-state index in [4.69, 9.17) is 35.4 Å². The molecule has 1 aromatic heterocycles. The molecule has 3 aromatic carbocycles. The third-order valence-corrected chi connectivity index (χ3v) is 8.01. The molecule has 4 aromatic rings. The molecule has 0 aliphatic carbocycles. The zero-order valence-electron chi connectivity index (χ0n) is 27.0. The molecule has 48 heavy (non-hydrogen) atoms. The lowest BCUT2D eigenvalue weighted by Crippen LogP contribution is -2.57. The number of aliphatic hydroxyl groups is 1. The van der Waals surface area contributed by atoms with Gasteiger partial charge in [-0.3, -0.25) is 9.59 Å². The van der Waals surface area contributed by atoms with Crippen LogP contribution in [0.15, 0.2) is 83.4 Å². The first-order chi connectivity index (χ1) is 23.2. The molecule has 252 valence electrons. The van der Waals surface area contributed by atoms with E-state index >= 15 is 0 Å². The normalized spacial score (nSPS) is 15.6. The van der Waals surface area contributed by atoms with E-state index in [0.717, 1.165) is 28.0 Å². The molecular weight excluding hydrogens is 614 g/mol. The number of benzene rings is 3. The van der Waals surface area contributed by atoms with Gasteiger partial charge in [-0.05, 0) is 46.7 Å². The third-order valence-electron chi connectivity index (χ3n) is 8.01. The van der Waals surface area contributed by atoms with Gasteiger partial charge in [0.2, 0.25) is 5.91 Å². The van der Waals surface area contributed by atoms with Crippen molar-refractivity contribution in [1.29, 1.82) is 0 Å². The molecule has 2 heterocycles. The molecule has 1 aliphatic heterocycles. The van der Waals surface area contributed by atoms with Crippen molar-refractivity contribution in [1.82, 2.24) is 16.0 Å². The summed E-state index contributed by atoms with van der Waals surface area (Å²) in [5, 5.41) is 16.0. The van der Waals surface area contributed by atoms with E-state index in [1.165, 1.54) is 6.08 Å². The number of hydroxylamine groups is 1. The Morgan fingerprint density at radius 1 is 0.958 bits per heavy atom. The average Bonchev–Trinajstić information content (AvgIpc) is 3.72. The second kappa shape index (κ2) is 15.6. The standard InChI is InChI=1S/C36H41N5O7/c1-23(2)27-17-26(29(45-20-24-9-5-3-6-10-24)18-30(27)46-21-25-11-7-4-8-12-25)13-14-28-32(33(34(37)43)40-47-28)31-19-36(35(38)44,41-48-31)22-39-15-16-42/h3-12,17-19,23,39,41-42H,13-16,20-22H2,1-2H3,(H2,37,43)(H2,38,44). The molecule has 0 saturated carbocycles. The molecule has 7 N–H and O–H groups in total. The van der Waals surface area contributed by atoms with Crippen molar-refractivity contribution in [3.8, 4) is 11.5 Å². The fourth-order valence-electron chi connectivity index (χ4n) is 5.38. The fraction of sp³-hybridized carbons (Fsp3) is 0.306. The number of aliphatic hydroxyl groups excluding tert-OH is 1. The van der Waals surface area contributed by atoms with Gasteiger partial charge in [0, 0.05) is 25.6 Å². The first kappa shape index (κ1) is 34.2. The highest BCUT2D eigenvalue weighted by Crippen LogP contribution is 2.37. The maximum absolute atomic E-state index is 12.5. The highest BCUT2D eigenvalue weighted by Gasteiger charge is 2.42. The van der Waals surface area contributed by atoms with Crippen LogP contribution in [0.1, 0.15) is 63.8 Å². The van der Waals surface area contributed by atoms with Crippen LogP contribution < -0.4 is 31.7 Å². The summed E-state index contributed by atoms with van der Waals surface area (Å²) in [5.74, 6) is 0.409. The number of nitrogens with zero attached hydrogens (tertiary/aromatic N) is 1. The zero-order valence-corrected chi connectivity index (χ0v) is 27.0. The van der Waals surface area contributed by atoms with Crippen molar-refractivity contribution >= 4 is 17.6 Å². The number of carbonyl (C=O) groups is 2. The number of rotatable bonds is 17. The molecule has 0 fully saturated rings. The molecule has 1 atom stereocenters. The second-order valence-corrected chi connectivity index (χ2v) is 11.8. The number of nitrogens with one attached hydrogen (secondary N) is 2. The van der Waals surface area contributed by atoms with Crippen molar-refractivity contribution in [2.45, 2.75) is 51.4 Å². The summed E-state index contributed by atoms with van der Waals surface area (Å²) in [6, 6.07) is 23.8. The maximum Gasteiger partial charge on any atom is 0.271 e. The van der Waals surface area contributed by atoms with Gasteiger partial charge < -0.3 is 40.7 Å². The van der Waals surface area contributed by atoms with E-state index in [0.29, 0.717) is 31.1 Å². The SMILES string of the molecule is CC(C)c1cc(CCc2onc(C(N)=O)c2C2=CC(CNCCO)(C(N)=O)NO2)c(OCc2ccccc2)cc1OCc1ccccc1. The summed E-state index contributed by atoms with van der Waals surface area (Å²) < 4.78 is 18.4. The van der Waals surface area contributed by atoms with Crippen LogP contribution >= 0.6 is 0 Å². The van der Waals surface area contributed by atoms with E-state index in [2.05, 4.69) is 35.9 Å². The summed E-state index contributed by atoms with van der Waals surface area (Å²) in [6.45, 7) is 5.07. The number of hydrogen-bond acceptors (Lipinski definition) is 10. The van der Waals surface area contributed by atoms with Gasteiger partial charge in [0.1, 0.15) is 30.5 Å². The largest absolute Gasteiger partial charge is 0.488 e. The van der Waals surface area contributed by atoms with Gasteiger partial charge >= 0.3 is 0 Å². The van der Waals surface area contributed by atoms with Gasteiger partial charge in [-0.25, -0.2) is 0 Å². The Morgan fingerprint density at radius 2 is 1.60 bits per heavy atom. The Balaban J connectivity index is 1.47. The fourth-order valence-corrected chi connectivity index (χ4v) is 5.38. The van der Waals surface area contributed by atoms with Gasteiger partial charge in [0.05, 0.1) is 12.2 Å². The van der Waals surface area contributed by atoms with Gasteiger partial charge in [-0.2, -0.15) is 0 Å². The minimum absolute atomic E-state index is 0.0255. The monoisotopic (exact) mass is 655 g/mol. The van der Waals surface area contributed by atoms with Crippen LogP contribution in [0.25, 0.3) is 5.76 Å². The highest BCUT2D eigenvalue weighted by atomic mass is 16.7. The maximum atomic E-state index is 12.5. The van der Waals surface area contributed by atoms with Crippen molar-refractivity contribution in [3.05, 3.63) is 118 Å². The predicted octanol–water partition coefficient (Wildman–Crippen LogP) is 3.52. The Kier molecular flexibility index (Phi) is 11.1. The molecule has 0 saturated heterocycles.